The summed E-state index contributed by atoms with van der Waals surface area (Å²) in [6, 6.07) is 12.0. The summed E-state index contributed by atoms with van der Waals surface area (Å²) in [7, 11) is 2.57. The highest BCUT2D eigenvalue weighted by atomic mass is 16.5. The summed E-state index contributed by atoms with van der Waals surface area (Å²) < 4.78 is 9.51. The Hall–Kier alpha value is -6.32. The second-order valence-corrected chi connectivity index (χ2v) is 15.5. The van der Waals surface area contributed by atoms with E-state index in [0.29, 0.717) is 36.1 Å². The number of H-pyrrole nitrogens is 2. The Morgan fingerprint density at radius 2 is 1.24 bits per heavy atom. The number of amides is 4. The zero-order chi connectivity index (χ0) is 41.1. The van der Waals surface area contributed by atoms with E-state index in [9.17, 15) is 19.2 Å². The molecule has 304 valence electrons. The number of carbonyl (C=O) groups is 4. The van der Waals surface area contributed by atoms with Crippen molar-refractivity contribution in [1.82, 2.24) is 50.3 Å². The van der Waals surface area contributed by atoms with E-state index < -0.39 is 24.3 Å². The molecule has 2 aliphatic heterocycles. The number of aromatic amines is 2. The number of nitrogens with zero attached hydrogens (tertiary/aromatic N) is 6. The molecule has 58 heavy (non-hydrogen) atoms. The van der Waals surface area contributed by atoms with Crippen LogP contribution in [0.15, 0.2) is 61.1 Å². The molecule has 0 aliphatic carbocycles. The van der Waals surface area contributed by atoms with Gasteiger partial charge in [-0.15, -0.1) is 0 Å². The minimum Gasteiger partial charge on any atom is -0.453 e. The third-order valence-electron chi connectivity index (χ3n) is 11.0. The fourth-order valence-corrected chi connectivity index (χ4v) is 7.82. The minimum absolute atomic E-state index is 0.111. The number of carbonyl (C=O) groups excluding carboxylic acids is 4. The number of hydrogen-bond acceptors (Lipinski definition) is 10. The van der Waals surface area contributed by atoms with Crippen LogP contribution in [0.25, 0.3) is 44.8 Å². The highest BCUT2D eigenvalue weighted by Crippen LogP contribution is 2.35. The van der Waals surface area contributed by atoms with Crippen molar-refractivity contribution >= 4 is 35.0 Å². The standard InChI is InChI=1S/C42H50N10O6/c1-23(2)35(49-41(55)57-5)39(53)51-17-7-9-33(51)37-45-21-31(47-37)26-13-11-25(12-14-26)27-15-16-28(43-20-27)29-19-30-32(22-44-29)48-38(46-30)34-10-8-18-52(34)40(54)36(24(3)4)50-42(56)58-6/h11-16,19-24,33-36H,7-10,17-18H2,1-6H3,(H,45,47)(H,46,48)(H,49,55)(H,50,56)/t33-,34-,35-,36-/m0/s1. The first kappa shape index (κ1) is 39.9. The van der Waals surface area contributed by atoms with Gasteiger partial charge in [0.05, 0.1) is 60.6 Å². The molecule has 1 aromatic carbocycles. The number of fused-ring (bicyclic) bond motifs is 1. The van der Waals surface area contributed by atoms with E-state index in [1.807, 2.05) is 82.6 Å². The average Bonchev–Trinajstić information content (AvgIpc) is 4.07. The highest BCUT2D eigenvalue weighted by Gasteiger charge is 2.39. The van der Waals surface area contributed by atoms with E-state index in [-0.39, 0.29) is 35.7 Å². The normalized spacial score (nSPS) is 17.8. The molecule has 0 bridgehead atoms. The van der Waals surface area contributed by atoms with Crippen molar-refractivity contribution in [1.29, 1.82) is 0 Å². The lowest BCUT2D eigenvalue weighted by molar-refractivity contribution is -0.136. The predicted molar refractivity (Wildman–Crippen MR) is 216 cm³/mol. The smallest absolute Gasteiger partial charge is 0.407 e. The van der Waals surface area contributed by atoms with E-state index in [1.165, 1.54) is 14.2 Å². The molecule has 5 aromatic rings. The summed E-state index contributed by atoms with van der Waals surface area (Å²) >= 11 is 0. The number of methoxy groups -OCH3 is 2. The van der Waals surface area contributed by atoms with Gasteiger partial charge in [0.1, 0.15) is 23.7 Å². The summed E-state index contributed by atoms with van der Waals surface area (Å²) in [5.74, 6) is 0.847. The fraction of sp³-hybridized carbons (Fsp3) is 0.429. The minimum atomic E-state index is -0.710. The number of ether oxygens (including phenoxy) is 2. The lowest BCUT2D eigenvalue weighted by Gasteiger charge is -2.29. The van der Waals surface area contributed by atoms with E-state index in [1.54, 1.807) is 16.0 Å². The SMILES string of the molecule is COC(=O)N[C@H](C(=O)N1CCC[C@H]1c1nc(-c2ccc(-c3ccc(-c4cc5nc([C@@H]6CCCN6C(=O)[C@@H](NC(=O)OC)C(C)C)[nH]c5cn4)nc3)cc2)c[nH]1)C(C)C. The monoisotopic (exact) mass is 790 g/mol. The number of likely N-dealkylation sites (tertiary alicyclic amines) is 2. The number of hydrogen-bond donors (Lipinski definition) is 4. The van der Waals surface area contributed by atoms with Crippen molar-refractivity contribution in [2.45, 2.75) is 77.5 Å². The van der Waals surface area contributed by atoms with Crippen molar-refractivity contribution in [3.8, 4) is 33.8 Å². The fourth-order valence-electron chi connectivity index (χ4n) is 7.82. The van der Waals surface area contributed by atoms with Crippen LogP contribution in [0.1, 0.15) is 77.1 Å². The Morgan fingerprint density at radius 1 is 0.690 bits per heavy atom. The molecular formula is C42H50N10O6. The van der Waals surface area contributed by atoms with Crippen molar-refractivity contribution in [2.75, 3.05) is 27.3 Å². The molecule has 7 rings (SSSR count). The number of rotatable bonds is 11. The number of imidazole rings is 2. The van der Waals surface area contributed by atoms with Gasteiger partial charge in [0.2, 0.25) is 11.8 Å². The molecule has 0 unspecified atom stereocenters. The highest BCUT2D eigenvalue weighted by molar-refractivity contribution is 5.87. The molecule has 16 nitrogen and oxygen atoms in total. The Labute approximate surface area is 336 Å². The Kier molecular flexibility index (Phi) is 11.7. The molecule has 2 aliphatic rings. The van der Waals surface area contributed by atoms with Crippen molar-refractivity contribution in [2.24, 2.45) is 11.8 Å². The van der Waals surface area contributed by atoms with Crippen LogP contribution in [0.2, 0.25) is 0 Å². The van der Waals surface area contributed by atoms with Gasteiger partial charge in [0.25, 0.3) is 0 Å². The molecule has 4 aromatic heterocycles. The predicted octanol–water partition coefficient (Wildman–Crippen LogP) is 6.17. The van der Waals surface area contributed by atoms with E-state index in [0.717, 1.165) is 59.1 Å². The summed E-state index contributed by atoms with van der Waals surface area (Å²) in [4.78, 5) is 80.5. The van der Waals surface area contributed by atoms with Crippen molar-refractivity contribution in [3.05, 3.63) is 72.7 Å². The van der Waals surface area contributed by atoms with Gasteiger partial charge in [-0.05, 0) is 55.2 Å². The average molecular weight is 791 g/mol. The summed E-state index contributed by atoms with van der Waals surface area (Å²) in [6.07, 6.45) is 7.33. The van der Waals surface area contributed by atoms with E-state index in [2.05, 4.69) is 25.6 Å². The molecule has 0 spiro atoms. The second-order valence-electron chi connectivity index (χ2n) is 15.5. The van der Waals surface area contributed by atoms with Crippen LogP contribution in [0.5, 0.6) is 0 Å². The third kappa shape index (κ3) is 8.22. The van der Waals surface area contributed by atoms with Crippen LogP contribution in [-0.4, -0.2) is 103 Å². The number of aromatic nitrogens is 6. The Bertz CT molecular complexity index is 2270. The first-order valence-electron chi connectivity index (χ1n) is 19.7. The molecule has 6 heterocycles. The van der Waals surface area contributed by atoms with Crippen LogP contribution < -0.4 is 10.6 Å². The molecule has 4 amide bonds. The molecule has 16 heteroatoms. The topological polar surface area (TPSA) is 200 Å². The summed E-state index contributed by atoms with van der Waals surface area (Å²) in [5.41, 5.74) is 6.47. The molecule has 4 N–H and O–H groups in total. The molecule has 0 saturated carbocycles. The third-order valence-corrected chi connectivity index (χ3v) is 11.0. The van der Waals surface area contributed by atoms with E-state index in [4.69, 9.17) is 24.4 Å². The zero-order valence-corrected chi connectivity index (χ0v) is 33.6. The number of benzene rings is 1. The summed E-state index contributed by atoms with van der Waals surface area (Å²) in [5, 5.41) is 5.38. The van der Waals surface area contributed by atoms with Gasteiger partial charge in [0, 0.05) is 36.6 Å². The van der Waals surface area contributed by atoms with Gasteiger partial charge < -0.3 is 39.9 Å². The van der Waals surface area contributed by atoms with Crippen molar-refractivity contribution in [3.63, 3.8) is 0 Å². The maximum Gasteiger partial charge on any atom is 0.407 e. The first-order valence-corrected chi connectivity index (χ1v) is 19.7. The van der Waals surface area contributed by atoms with Gasteiger partial charge >= 0.3 is 12.2 Å². The maximum atomic E-state index is 13.6. The van der Waals surface area contributed by atoms with E-state index >= 15 is 0 Å². The molecule has 4 atom stereocenters. The quantitative estimate of drug-likeness (QED) is 0.120. The van der Waals surface area contributed by atoms with Gasteiger partial charge in [-0.2, -0.15) is 0 Å². The number of nitrogens with one attached hydrogen (secondary N) is 4. The van der Waals surface area contributed by atoms with Gasteiger partial charge in [-0.3, -0.25) is 19.6 Å². The van der Waals surface area contributed by atoms with Crippen LogP contribution >= 0.6 is 0 Å². The van der Waals surface area contributed by atoms with Crippen molar-refractivity contribution < 1.29 is 28.7 Å². The van der Waals surface area contributed by atoms with Crippen LogP contribution in [0.3, 0.4) is 0 Å². The van der Waals surface area contributed by atoms with Gasteiger partial charge in [0.15, 0.2) is 0 Å². The second kappa shape index (κ2) is 17.0. The zero-order valence-electron chi connectivity index (χ0n) is 33.6. The van der Waals surface area contributed by atoms with Gasteiger partial charge in [-0.1, -0.05) is 58.0 Å². The maximum absolute atomic E-state index is 13.6. The molecule has 2 fully saturated rings. The molecular weight excluding hydrogens is 741 g/mol. The van der Waals surface area contributed by atoms with Crippen LogP contribution in [-0.2, 0) is 19.1 Å². The van der Waals surface area contributed by atoms with Gasteiger partial charge in [-0.25, -0.2) is 19.6 Å². The lowest BCUT2D eigenvalue weighted by Crippen LogP contribution is -2.51. The molecule has 0 radical (unpaired) electrons. The largest absolute Gasteiger partial charge is 0.453 e. The Morgan fingerprint density at radius 3 is 1.79 bits per heavy atom. The molecule has 2 saturated heterocycles. The lowest BCUT2D eigenvalue weighted by atomic mass is 10.0. The number of pyridine rings is 2. The van der Waals surface area contributed by atoms with Crippen LogP contribution in [0.4, 0.5) is 9.59 Å². The first-order chi connectivity index (χ1) is 27.9. The Balaban J connectivity index is 1.02. The van der Waals surface area contributed by atoms with Crippen LogP contribution in [0, 0.1) is 11.8 Å². The number of alkyl carbamates (subject to hydrolysis) is 2. The summed E-state index contributed by atoms with van der Waals surface area (Å²) in [6.45, 7) is 8.73.